The zero-order valence-corrected chi connectivity index (χ0v) is 9.14. The Balaban J connectivity index is 2.58. The zero-order valence-electron chi connectivity index (χ0n) is 9.14. The number of benzene rings is 1. The summed E-state index contributed by atoms with van der Waals surface area (Å²) in [5, 5.41) is 13.3. The molecule has 0 unspecified atom stereocenters. The normalized spacial score (nSPS) is 10.4. The third-order valence-corrected chi connectivity index (χ3v) is 2.55. The topological polar surface area (TPSA) is 55.1 Å². The highest BCUT2D eigenvalue weighted by molar-refractivity contribution is 5.91. The Bertz CT molecular complexity index is 544. The highest BCUT2D eigenvalue weighted by Crippen LogP contribution is 2.23. The lowest BCUT2D eigenvalue weighted by atomic mass is 10.0. The first-order chi connectivity index (χ1) is 7.59. The van der Waals surface area contributed by atoms with E-state index in [0.717, 1.165) is 16.8 Å². The molecule has 0 aliphatic heterocycles. The standard InChI is InChI=1S/C12H12N2O2/c1-8-9(11-6-7-14(2)13-11)4-3-5-10(8)12(15)16/h3-7H,1-2H3,(H,15,16). The summed E-state index contributed by atoms with van der Waals surface area (Å²) in [5.41, 5.74) is 2.72. The van der Waals surface area contributed by atoms with Crippen LogP contribution in [0.2, 0.25) is 0 Å². The van der Waals surface area contributed by atoms with Crippen LogP contribution in [0, 0.1) is 6.92 Å². The van der Waals surface area contributed by atoms with E-state index in [1.807, 2.05) is 25.4 Å². The molecule has 0 fully saturated rings. The van der Waals surface area contributed by atoms with Gasteiger partial charge in [-0.2, -0.15) is 5.10 Å². The average Bonchev–Trinajstić information content (AvgIpc) is 2.64. The Hall–Kier alpha value is -2.10. The lowest BCUT2D eigenvalue weighted by Gasteiger charge is -2.05. The number of aromatic nitrogens is 2. The van der Waals surface area contributed by atoms with Gasteiger partial charge in [-0.15, -0.1) is 0 Å². The maximum absolute atomic E-state index is 11.0. The molecule has 0 aliphatic rings. The van der Waals surface area contributed by atoms with Crippen LogP contribution < -0.4 is 0 Å². The molecule has 1 aromatic carbocycles. The van der Waals surface area contributed by atoms with E-state index < -0.39 is 5.97 Å². The largest absolute Gasteiger partial charge is 0.478 e. The van der Waals surface area contributed by atoms with Gasteiger partial charge in [0.05, 0.1) is 11.3 Å². The number of carboxylic acids is 1. The van der Waals surface area contributed by atoms with Crippen molar-refractivity contribution in [3.8, 4) is 11.3 Å². The van der Waals surface area contributed by atoms with Crippen LogP contribution in [0.25, 0.3) is 11.3 Å². The Morgan fingerprint density at radius 1 is 1.38 bits per heavy atom. The first kappa shape index (κ1) is 10.4. The van der Waals surface area contributed by atoms with Crippen molar-refractivity contribution < 1.29 is 9.90 Å². The number of carboxylic acid groups (broad SMARTS) is 1. The van der Waals surface area contributed by atoms with Crippen molar-refractivity contribution in [1.82, 2.24) is 9.78 Å². The summed E-state index contributed by atoms with van der Waals surface area (Å²) in [5.74, 6) is -0.907. The molecule has 0 saturated heterocycles. The van der Waals surface area contributed by atoms with Crippen molar-refractivity contribution in [2.75, 3.05) is 0 Å². The Labute approximate surface area is 93.1 Å². The van der Waals surface area contributed by atoms with Crippen LogP contribution in [0.15, 0.2) is 30.5 Å². The fourth-order valence-electron chi connectivity index (χ4n) is 1.70. The van der Waals surface area contributed by atoms with Gasteiger partial charge in [0.25, 0.3) is 0 Å². The van der Waals surface area contributed by atoms with E-state index in [2.05, 4.69) is 5.10 Å². The molecule has 0 amide bonds. The summed E-state index contributed by atoms with van der Waals surface area (Å²) >= 11 is 0. The Kier molecular flexibility index (Phi) is 2.48. The fraction of sp³-hybridized carbons (Fsp3) is 0.167. The van der Waals surface area contributed by atoms with Crippen molar-refractivity contribution in [1.29, 1.82) is 0 Å². The van der Waals surface area contributed by atoms with Gasteiger partial charge in [-0.3, -0.25) is 4.68 Å². The van der Waals surface area contributed by atoms with Gasteiger partial charge in [-0.25, -0.2) is 4.79 Å². The number of hydrogen-bond donors (Lipinski definition) is 1. The average molecular weight is 216 g/mol. The summed E-state index contributed by atoms with van der Waals surface area (Å²) in [7, 11) is 1.83. The van der Waals surface area contributed by atoms with Crippen LogP contribution >= 0.6 is 0 Å². The summed E-state index contributed by atoms with van der Waals surface area (Å²) in [4.78, 5) is 11.0. The fourth-order valence-corrected chi connectivity index (χ4v) is 1.70. The van der Waals surface area contributed by atoms with Crippen LogP contribution in [0.1, 0.15) is 15.9 Å². The maximum Gasteiger partial charge on any atom is 0.335 e. The van der Waals surface area contributed by atoms with Crippen molar-refractivity contribution >= 4 is 5.97 Å². The molecule has 1 aromatic heterocycles. The number of nitrogens with zero attached hydrogens (tertiary/aromatic N) is 2. The molecular weight excluding hydrogens is 204 g/mol. The van der Waals surface area contributed by atoms with E-state index in [1.165, 1.54) is 0 Å². The van der Waals surface area contributed by atoms with Crippen molar-refractivity contribution in [3.63, 3.8) is 0 Å². The van der Waals surface area contributed by atoms with Crippen molar-refractivity contribution in [2.24, 2.45) is 7.05 Å². The molecule has 4 heteroatoms. The van der Waals surface area contributed by atoms with Gasteiger partial charge >= 0.3 is 5.97 Å². The first-order valence-corrected chi connectivity index (χ1v) is 4.92. The molecule has 1 N–H and O–H groups in total. The highest BCUT2D eigenvalue weighted by atomic mass is 16.4. The number of aromatic carboxylic acids is 1. The van der Waals surface area contributed by atoms with Crippen molar-refractivity contribution in [2.45, 2.75) is 6.92 Å². The molecule has 0 saturated carbocycles. The highest BCUT2D eigenvalue weighted by Gasteiger charge is 2.12. The lowest BCUT2D eigenvalue weighted by molar-refractivity contribution is 0.0696. The number of hydrogen-bond acceptors (Lipinski definition) is 2. The quantitative estimate of drug-likeness (QED) is 0.836. The monoisotopic (exact) mass is 216 g/mol. The molecule has 4 nitrogen and oxygen atoms in total. The van der Waals surface area contributed by atoms with E-state index in [-0.39, 0.29) is 0 Å². The third-order valence-electron chi connectivity index (χ3n) is 2.55. The molecule has 0 aliphatic carbocycles. The molecule has 0 atom stereocenters. The Morgan fingerprint density at radius 3 is 2.69 bits per heavy atom. The molecule has 82 valence electrons. The Morgan fingerprint density at radius 2 is 2.12 bits per heavy atom. The molecule has 1 heterocycles. The molecule has 16 heavy (non-hydrogen) atoms. The summed E-state index contributed by atoms with van der Waals surface area (Å²) in [6.45, 7) is 1.80. The minimum absolute atomic E-state index is 0.322. The predicted molar refractivity (Wildman–Crippen MR) is 60.3 cm³/mol. The van der Waals surface area contributed by atoms with Crippen LogP contribution in [0.5, 0.6) is 0 Å². The number of carbonyl (C=O) groups is 1. The van der Waals surface area contributed by atoms with Gasteiger partial charge < -0.3 is 5.11 Å². The second-order valence-electron chi connectivity index (χ2n) is 3.66. The van der Waals surface area contributed by atoms with E-state index in [4.69, 9.17) is 5.11 Å². The lowest BCUT2D eigenvalue weighted by Crippen LogP contribution is -2.01. The van der Waals surface area contributed by atoms with E-state index in [9.17, 15) is 4.79 Å². The van der Waals surface area contributed by atoms with Crippen LogP contribution in [-0.4, -0.2) is 20.9 Å². The summed E-state index contributed by atoms with van der Waals surface area (Å²) in [6.07, 6.45) is 1.84. The van der Waals surface area contributed by atoms with Crippen LogP contribution in [-0.2, 0) is 7.05 Å². The maximum atomic E-state index is 11.0. The number of rotatable bonds is 2. The summed E-state index contributed by atoms with van der Waals surface area (Å²) < 4.78 is 1.70. The van der Waals surface area contributed by atoms with Gasteiger partial charge in [0.2, 0.25) is 0 Å². The van der Waals surface area contributed by atoms with Gasteiger partial charge in [0.15, 0.2) is 0 Å². The minimum atomic E-state index is -0.907. The third kappa shape index (κ3) is 1.69. The van der Waals surface area contributed by atoms with Gasteiger partial charge in [0, 0.05) is 18.8 Å². The van der Waals surface area contributed by atoms with Gasteiger partial charge in [0.1, 0.15) is 0 Å². The SMILES string of the molecule is Cc1c(C(=O)O)cccc1-c1ccn(C)n1. The molecule has 0 radical (unpaired) electrons. The van der Waals surface area contributed by atoms with Crippen LogP contribution in [0.3, 0.4) is 0 Å². The second-order valence-corrected chi connectivity index (χ2v) is 3.66. The summed E-state index contributed by atoms with van der Waals surface area (Å²) in [6, 6.07) is 7.09. The van der Waals surface area contributed by atoms with Crippen molar-refractivity contribution in [3.05, 3.63) is 41.6 Å². The van der Waals surface area contributed by atoms with E-state index in [1.54, 1.807) is 23.7 Å². The molecule has 0 spiro atoms. The van der Waals surface area contributed by atoms with Gasteiger partial charge in [-0.1, -0.05) is 12.1 Å². The zero-order chi connectivity index (χ0) is 11.7. The van der Waals surface area contributed by atoms with Gasteiger partial charge in [-0.05, 0) is 24.6 Å². The predicted octanol–water partition coefficient (Wildman–Crippen LogP) is 2.09. The van der Waals surface area contributed by atoms with E-state index in [0.29, 0.717) is 5.56 Å². The minimum Gasteiger partial charge on any atom is -0.478 e. The molecule has 0 bridgehead atoms. The molecular formula is C12H12N2O2. The molecule has 2 aromatic rings. The second kappa shape index (κ2) is 3.81. The first-order valence-electron chi connectivity index (χ1n) is 4.92. The smallest absolute Gasteiger partial charge is 0.335 e. The molecule has 2 rings (SSSR count). The number of aryl methyl sites for hydroxylation is 1. The van der Waals surface area contributed by atoms with Crippen LogP contribution in [0.4, 0.5) is 0 Å². The van der Waals surface area contributed by atoms with E-state index >= 15 is 0 Å².